The Balaban J connectivity index is 1.98. The zero-order chi connectivity index (χ0) is 11.6. The van der Waals surface area contributed by atoms with Crippen LogP contribution in [0.5, 0.6) is 0 Å². The minimum atomic E-state index is -0.839. The molecule has 1 aromatic heterocycles. The Morgan fingerprint density at radius 3 is 2.94 bits per heavy atom. The lowest BCUT2D eigenvalue weighted by atomic mass is 10.0. The second-order valence-corrected chi connectivity index (χ2v) is 3.92. The molecular formula is C9H15N5O2. The van der Waals surface area contributed by atoms with E-state index in [2.05, 4.69) is 15.3 Å². The topological polar surface area (TPSA) is 119 Å². The van der Waals surface area contributed by atoms with Gasteiger partial charge in [0.1, 0.15) is 17.2 Å². The minimum absolute atomic E-state index is 0.108. The highest BCUT2D eigenvalue weighted by Crippen LogP contribution is 2.19. The average molecular weight is 225 g/mol. The van der Waals surface area contributed by atoms with Crippen LogP contribution in [0.2, 0.25) is 0 Å². The molecule has 1 saturated heterocycles. The molecule has 0 aromatic carbocycles. The molecule has 1 atom stereocenters. The van der Waals surface area contributed by atoms with Gasteiger partial charge >= 0.3 is 0 Å². The maximum absolute atomic E-state index is 10.00. The first-order valence-corrected chi connectivity index (χ1v) is 5.01. The van der Waals surface area contributed by atoms with Crippen LogP contribution in [0.15, 0.2) is 6.07 Å². The summed E-state index contributed by atoms with van der Waals surface area (Å²) in [6.45, 7) is 1.26. The molecule has 1 unspecified atom stereocenters. The number of nitrogen functional groups attached to an aromatic ring is 2. The van der Waals surface area contributed by atoms with Crippen LogP contribution in [0, 0.1) is 0 Å². The van der Waals surface area contributed by atoms with Gasteiger partial charge in [-0.05, 0) is 0 Å². The van der Waals surface area contributed by atoms with Gasteiger partial charge in [0.05, 0.1) is 6.61 Å². The molecule has 7 heteroatoms. The molecule has 1 aliphatic rings. The van der Waals surface area contributed by atoms with E-state index < -0.39 is 5.60 Å². The van der Waals surface area contributed by atoms with Gasteiger partial charge in [-0.25, -0.2) is 0 Å². The lowest BCUT2D eigenvalue weighted by molar-refractivity contribution is 0.0381. The van der Waals surface area contributed by atoms with Gasteiger partial charge in [-0.1, -0.05) is 0 Å². The molecule has 0 spiro atoms. The molecule has 7 nitrogen and oxygen atoms in total. The molecule has 0 radical (unpaired) electrons. The minimum Gasteiger partial charge on any atom is -0.386 e. The van der Waals surface area contributed by atoms with Crippen molar-refractivity contribution in [3.63, 3.8) is 0 Å². The lowest BCUT2D eigenvalue weighted by Crippen LogP contribution is -2.37. The van der Waals surface area contributed by atoms with Crippen molar-refractivity contribution >= 4 is 17.6 Å². The second kappa shape index (κ2) is 4.11. The van der Waals surface area contributed by atoms with E-state index in [9.17, 15) is 5.11 Å². The van der Waals surface area contributed by atoms with E-state index in [1.807, 2.05) is 0 Å². The Morgan fingerprint density at radius 2 is 2.31 bits per heavy atom. The maximum atomic E-state index is 10.00. The predicted molar refractivity (Wildman–Crippen MR) is 59.7 cm³/mol. The number of nitrogens with zero attached hydrogens (tertiary/aromatic N) is 2. The fourth-order valence-corrected chi connectivity index (χ4v) is 1.57. The van der Waals surface area contributed by atoms with Crippen LogP contribution in [0.1, 0.15) is 6.42 Å². The van der Waals surface area contributed by atoms with Crippen molar-refractivity contribution in [2.45, 2.75) is 12.0 Å². The van der Waals surface area contributed by atoms with Crippen LogP contribution in [0.25, 0.3) is 0 Å². The predicted octanol–water partition coefficient (Wildman–Crippen LogP) is -0.796. The molecule has 0 amide bonds. The van der Waals surface area contributed by atoms with E-state index in [1.54, 1.807) is 6.07 Å². The third kappa shape index (κ3) is 2.50. The molecule has 1 aromatic rings. The molecule has 1 fully saturated rings. The van der Waals surface area contributed by atoms with Gasteiger partial charge in [-0.3, -0.25) is 0 Å². The Bertz CT molecular complexity index is 358. The average Bonchev–Trinajstić information content (AvgIpc) is 2.62. The molecule has 1 aliphatic heterocycles. The van der Waals surface area contributed by atoms with Crippen LogP contribution >= 0.6 is 0 Å². The highest BCUT2D eigenvalue weighted by atomic mass is 16.5. The van der Waals surface area contributed by atoms with E-state index in [0.717, 1.165) is 0 Å². The number of hydrogen-bond acceptors (Lipinski definition) is 7. The zero-order valence-corrected chi connectivity index (χ0v) is 8.81. The molecule has 2 heterocycles. The number of ether oxygens (including phenoxy) is 1. The van der Waals surface area contributed by atoms with Gasteiger partial charge in [-0.2, -0.15) is 9.97 Å². The molecule has 6 N–H and O–H groups in total. The van der Waals surface area contributed by atoms with Crippen LogP contribution in [0.4, 0.5) is 17.6 Å². The lowest BCUT2D eigenvalue weighted by Gasteiger charge is -2.20. The molecule has 2 rings (SSSR count). The molecule has 0 bridgehead atoms. The number of anilines is 3. The monoisotopic (exact) mass is 225 g/mol. The number of nitrogens with one attached hydrogen (secondary N) is 1. The summed E-state index contributed by atoms with van der Waals surface area (Å²) >= 11 is 0. The normalized spacial score (nSPS) is 24.6. The third-order valence-corrected chi connectivity index (χ3v) is 2.44. The van der Waals surface area contributed by atoms with E-state index in [-0.39, 0.29) is 5.95 Å². The van der Waals surface area contributed by atoms with Crippen molar-refractivity contribution in [2.75, 3.05) is 36.5 Å². The van der Waals surface area contributed by atoms with Gasteiger partial charge in [0, 0.05) is 25.6 Å². The molecule has 88 valence electrons. The molecular weight excluding hydrogens is 210 g/mol. The fraction of sp³-hybridized carbons (Fsp3) is 0.556. The van der Waals surface area contributed by atoms with E-state index >= 15 is 0 Å². The first-order valence-electron chi connectivity index (χ1n) is 5.01. The first kappa shape index (κ1) is 10.9. The Kier molecular flexibility index (Phi) is 2.80. The fourth-order valence-electron chi connectivity index (χ4n) is 1.57. The number of rotatable bonds is 3. The Labute approximate surface area is 92.8 Å². The van der Waals surface area contributed by atoms with Gasteiger partial charge in [-0.15, -0.1) is 0 Å². The summed E-state index contributed by atoms with van der Waals surface area (Å²) in [4.78, 5) is 7.70. The smallest absolute Gasteiger partial charge is 0.223 e. The van der Waals surface area contributed by atoms with E-state index in [0.29, 0.717) is 37.8 Å². The number of aliphatic hydroxyl groups is 1. The van der Waals surface area contributed by atoms with Crippen LogP contribution in [-0.4, -0.2) is 40.4 Å². The first-order chi connectivity index (χ1) is 7.57. The largest absolute Gasteiger partial charge is 0.386 e. The summed E-state index contributed by atoms with van der Waals surface area (Å²) in [5.74, 6) is 0.909. The van der Waals surface area contributed by atoms with Gasteiger partial charge in [0.2, 0.25) is 5.95 Å². The third-order valence-electron chi connectivity index (χ3n) is 2.44. The quantitative estimate of drug-likeness (QED) is 0.531. The molecule has 0 saturated carbocycles. The van der Waals surface area contributed by atoms with Gasteiger partial charge < -0.3 is 26.6 Å². The van der Waals surface area contributed by atoms with E-state index in [1.165, 1.54) is 0 Å². The standard InChI is InChI=1S/C9H15N5O2/c10-6-3-7(14-8(11)13-6)12-4-9(15)1-2-16-5-9/h3,15H,1-2,4-5H2,(H5,10,11,12,13,14). The van der Waals surface area contributed by atoms with Crippen LogP contribution in [0.3, 0.4) is 0 Å². The van der Waals surface area contributed by atoms with Crippen LogP contribution < -0.4 is 16.8 Å². The van der Waals surface area contributed by atoms with Gasteiger partial charge in [0.25, 0.3) is 0 Å². The SMILES string of the molecule is Nc1cc(NCC2(O)CCOC2)nc(N)n1. The Hall–Kier alpha value is -1.60. The molecule has 0 aliphatic carbocycles. The summed E-state index contributed by atoms with van der Waals surface area (Å²) in [5.41, 5.74) is 10.1. The van der Waals surface area contributed by atoms with Crippen LogP contribution in [-0.2, 0) is 4.74 Å². The summed E-state index contributed by atoms with van der Waals surface area (Å²) in [6.07, 6.45) is 0.607. The van der Waals surface area contributed by atoms with Gasteiger partial charge in [0.15, 0.2) is 0 Å². The van der Waals surface area contributed by atoms with Crippen molar-refractivity contribution in [3.05, 3.63) is 6.07 Å². The second-order valence-electron chi connectivity index (χ2n) is 3.92. The molecule has 16 heavy (non-hydrogen) atoms. The maximum Gasteiger partial charge on any atom is 0.223 e. The number of aromatic nitrogens is 2. The summed E-state index contributed by atoms with van der Waals surface area (Å²) in [6, 6.07) is 1.57. The zero-order valence-electron chi connectivity index (χ0n) is 8.81. The van der Waals surface area contributed by atoms with E-state index in [4.69, 9.17) is 16.2 Å². The highest BCUT2D eigenvalue weighted by molar-refractivity contribution is 5.48. The summed E-state index contributed by atoms with van der Waals surface area (Å²) < 4.78 is 5.12. The van der Waals surface area contributed by atoms with Crippen molar-refractivity contribution in [3.8, 4) is 0 Å². The number of hydrogen-bond donors (Lipinski definition) is 4. The summed E-state index contributed by atoms with van der Waals surface area (Å²) in [5, 5.41) is 13.0. The Morgan fingerprint density at radius 1 is 1.50 bits per heavy atom. The van der Waals surface area contributed by atoms with Crippen molar-refractivity contribution < 1.29 is 9.84 Å². The highest BCUT2D eigenvalue weighted by Gasteiger charge is 2.31. The van der Waals surface area contributed by atoms with Crippen molar-refractivity contribution in [1.29, 1.82) is 0 Å². The summed E-state index contributed by atoms with van der Waals surface area (Å²) in [7, 11) is 0. The van der Waals surface area contributed by atoms with Crippen molar-refractivity contribution in [1.82, 2.24) is 9.97 Å². The van der Waals surface area contributed by atoms with Crippen molar-refractivity contribution in [2.24, 2.45) is 0 Å². The number of nitrogens with two attached hydrogens (primary N) is 2.